The molecular formula is C22H20Cl2F3N3O5S. The minimum atomic E-state index is -1.90. The summed E-state index contributed by atoms with van der Waals surface area (Å²) in [5, 5.41) is 29.1. The molecule has 0 saturated carbocycles. The molecule has 1 saturated heterocycles. The van der Waals surface area contributed by atoms with Crippen LogP contribution < -0.4 is 0 Å². The summed E-state index contributed by atoms with van der Waals surface area (Å²) in [6.07, 6.45) is -2.38. The molecule has 14 heteroatoms. The van der Waals surface area contributed by atoms with Gasteiger partial charge in [-0.15, -0.1) is 5.10 Å². The molecule has 2 aromatic carbocycles. The lowest BCUT2D eigenvalue weighted by Crippen LogP contribution is -2.58. The van der Waals surface area contributed by atoms with Crippen molar-refractivity contribution in [3.8, 4) is 11.3 Å². The molecule has 6 atom stereocenters. The first kappa shape index (κ1) is 27.0. The number of hydrogen-bond donors (Lipinski definition) is 2. The number of aromatic nitrogens is 3. The van der Waals surface area contributed by atoms with Gasteiger partial charge in [-0.05, 0) is 37.3 Å². The Labute approximate surface area is 216 Å². The summed E-state index contributed by atoms with van der Waals surface area (Å²) in [5.74, 6) is -4.44. The predicted octanol–water partition coefficient (Wildman–Crippen LogP) is 3.50. The summed E-state index contributed by atoms with van der Waals surface area (Å²) in [6, 6.07) is 4.80. The zero-order valence-electron chi connectivity index (χ0n) is 18.5. The van der Waals surface area contributed by atoms with Crippen molar-refractivity contribution in [1.82, 2.24) is 15.0 Å². The van der Waals surface area contributed by atoms with Gasteiger partial charge < -0.3 is 19.7 Å². The molecular weight excluding hydrogens is 546 g/mol. The molecule has 1 fully saturated rings. The predicted molar refractivity (Wildman–Crippen MR) is 124 cm³/mol. The zero-order chi connectivity index (χ0) is 26.1. The molecule has 1 unspecified atom stereocenters. The normalized spacial score (nSPS) is 25.2. The molecule has 8 nitrogen and oxygen atoms in total. The lowest BCUT2D eigenvalue weighted by molar-refractivity contribution is -0.193. The maximum Gasteiger partial charge on any atom is 0.194 e. The SMILES string of the molecule is CCO[C@@H]1[C@@H](n2cc(-c3cc(F)c(F)c(F)c3)nn2)[C@@H](O)[C@@H](CO)O[C@@H]1S(=O)c1ccc(Cl)c(Cl)c1. The number of aliphatic hydroxyl groups excluding tert-OH is 2. The van der Waals surface area contributed by atoms with Gasteiger partial charge in [-0.3, -0.25) is 4.21 Å². The van der Waals surface area contributed by atoms with E-state index < -0.39 is 64.6 Å². The number of benzene rings is 2. The number of ether oxygens (including phenoxy) is 2. The Morgan fingerprint density at radius 1 is 1.17 bits per heavy atom. The van der Waals surface area contributed by atoms with E-state index in [0.29, 0.717) is 0 Å². The average Bonchev–Trinajstić information content (AvgIpc) is 3.34. The molecule has 194 valence electrons. The van der Waals surface area contributed by atoms with E-state index in [9.17, 15) is 27.6 Å². The second kappa shape index (κ2) is 11.1. The Morgan fingerprint density at radius 2 is 1.86 bits per heavy atom. The number of halogens is 5. The Hall–Kier alpha value is -2.06. The number of nitrogens with zero attached hydrogens (tertiary/aromatic N) is 3. The fourth-order valence-corrected chi connectivity index (χ4v) is 5.69. The first-order valence-corrected chi connectivity index (χ1v) is 12.6. The van der Waals surface area contributed by atoms with Crippen molar-refractivity contribution in [3.63, 3.8) is 0 Å². The Bertz CT molecular complexity index is 1260. The first-order valence-electron chi connectivity index (χ1n) is 10.6. The van der Waals surface area contributed by atoms with Crippen LogP contribution in [0.15, 0.2) is 41.4 Å². The topological polar surface area (TPSA) is 107 Å². The summed E-state index contributed by atoms with van der Waals surface area (Å²) >= 11 is 12.0. The maximum absolute atomic E-state index is 13.7. The molecule has 2 N–H and O–H groups in total. The lowest BCUT2D eigenvalue weighted by atomic mass is 9.97. The minimum absolute atomic E-state index is 0.0237. The van der Waals surface area contributed by atoms with E-state index in [0.717, 1.165) is 12.1 Å². The van der Waals surface area contributed by atoms with Crippen LogP contribution in [-0.4, -0.2) is 66.4 Å². The van der Waals surface area contributed by atoms with E-state index in [2.05, 4.69) is 10.3 Å². The molecule has 0 aliphatic carbocycles. The van der Waals surface area contributed by atoms with Gasteiger partial charge in [0.2, 0.25) is 0 Å². The third-order valence-electron chi connectivity index (χ3n) is 5.61. The Kier molecular flexibility index (Phi) is 8.35. The van der Waals surface area contributed by atoms with E-state index in [1.54, 1.807) is 6.92 Å². The van der Waals surface area contributed by atoms with Gasteiger partial charge in [0.1, 0.15) is 30.0 Å². The maximum atomic E-state index is 13.7. The van der Waals surface area contributed by atoms with Crippen LogP contribution in [0.5, 0.6) is 0 Å². The largest absolute Gasteiger partial charge is 0.394 e. The average molecular weight is 566 g/mol. The number of aliphatic hydroxyl groups is 2. The highest BCUT2D eigenvalue weighted by atomic mass is 35.5. The second-order valence-electron chi connectivity index (χ2n) is 7.84. The van der Waals surface area contributed by atoms with Gasteiger partial charge in [0, 0.05) is 17.1 Å². The summed E-state index contributed by atoms with van der Waals surface area (Å²) in [7, 11) is -1.90. The van der Waals surface area contributed by atoms with Gasteiger partial charge in [-0.1, -0.05) is 28.4 Å². The van der Waals surface area contributed by atoms with Crippen molar-refractivity contribution in [3.05, 3.63) is 64.0 Å². The molecule has 1 aliphatic heterocycles. The van der Waals surface area contributed by atoms with E-state index in [-0.39, 0.29) is 32.8 Å². The van der Waals surface area contributed by atoms with Crippen molar-refractivity contribution >= 4 is 34.0 Å². The van der Waals surface area contributed by atoms with Crippen LogP contribution in [0.2, 0.25) is 10.0 Å². The van der Waals surface area contributed by atoms with Crippen LogP contribution in [0.1, 0.15) is 13.0 Å². The highest BCUT2D eigenvalue weighted by Crippen LogP contribution is 2.36. The second-order valence-corrected chi connectivity index (χ2v) is 10.2. The van der Waals surface area contributed by atoms with E-state index in [1.807, 2.05) is 0 Å². The van der Waals surface area contributed by atoms with Gasteiger partial charge in [-0.2, -0.15) is 0 Å². The Morgan fingerprint density at radius 3 is 2.47 bits per heavy atom. The third kappa shape index (κ3) is 5.17. The first-order chi connectivity index (χ1) is 17.2. The lowest BCUT2D eigenvalue weighted by Gasteiger charge is -2.43. The quantitative estimate of drug-likeness (QED) is 0.422. The van der Waals surface area contributed by atoms with Gasteiger partial charge in [0.15, 0.2) is 22.9 Å². The molecule has 0 amide bonds. The monoisotopic (exact) mass is 565 g/mol. The van der Waals surface area contributed by atoms with Crippen LogP contribution in [-0.2, 0) is 20.3 Å². The zero-order valence-corrected chi connectivity index (χ0v) is 20.9. The van der Waals surface area contributed by atoms with Crippen LogP contribution in [0.3, 0.4) is 0 Å². The summed E-state index contributed by atoms with van der Waals surface area (Å²) in [6.45, 7) is 1.19. The van der Waals surface area contributed by atoms with Gasteiger partial charge in [-0.25, -0.2) is 17.9 Å². The standard InChI is InChI=1S/C22H20Cl2F3N3O5S/c1-2-34-21-19(30-8-16(28-29-30)10-5-14(25)18(27)15(26)6-10)20(32)17(9-31)35-22(21)36(33)11-3-4-12(23)13(24)7-11/h3-8,17,19-22,31-32H,2,9H2,1H3/t17-,19+,20+,21-,22-,36?/m1/s1. The van der Waals surface area contributed by atoms with Crippen LogP contribution in [0.25, 0.3) is 11.3 Å². The minimum Gasteiger partial charge on any atom is -0.394 e. The molecule has 1 aliphatic rings. The third-order valence-corrected chi connectivity index (χ3v) is 7.87. The fourth-order valence-electron chi connectivity index (χ4n) is 3.90. The molecule has 3 aromatic rings. The van der Waals surface area contributed by atoms with Gasteiger partial charge >= 0.3 is 0 Å². The van der Waals surface area contributed by atoms with Crippen LogP contribution in [0.4, 0.5) is 13.2 Å². The fraction of sp³-hybridized carbons (Fsp3) is 0.364. The highest BCUT2D eigenvalue weighted by molar-refractivity contribution is 7.85. The van der Waals surface area contributed by atoms with Crippen molar-refractivity contribution in [1.29, 1.82) is 0 Å². The molecule has 0 bridgehead atoms. The molecule has 0 spiro atoms. The van der Waals surface area contributed by atoms with Crippen molar-refractivity contribution in [2.45, 2.75) is 41.6 Å². The van der Waals surface area contributed by atoms with Gasteiger partial charge in [0.25, 0.3) is 0 Å². The molecule has 1 aromatic heterocycles. The highest BCUT2D eigenvalue weighted by Gasteiger charge is 2.50. The van der Waals surface area contributed by atoms with Crippen molar-refractivity contribution < 1.29 is 37.1 Å². The summed E-state index contributed by atoms with van der Waals surface area (Å²) in [4.78, 5) is 0.266. The molecule has 4 rings (SSSR count). The van der Waals surface area contributed by atoms with Crippen molar-refractivity contribution in [2.75, 3.05) is 13.2 Å². The van der Waals surface area contributed by atoms with Crippen LogP contribution >= 0.6 is 23.2 Å². The van der Waals surface area contributed by atoms with E-state index in [1.165, 1.54) is 29.1 Å². The van der Waals surface area contributed by atoms with E-state index >= 15 is 0 Å². The summed E-state index contributed by atoms with van der Waals surface area (Å²) < 4.78 is 67.1. The summed E-state index contributed by atoms with van der Waals surface area (Å²) in [5.41, 5.74) is -1.31. The number of hydrogen-bond acceptors (Lipinski definition) is 7. The van der Waals surface area contributed by atoms with Gasteiger partial charge in [0.05, 0.1) is 33.6 Å². The Balaban J connectivity index is 1.74. The number of rotatable bonds is 7. The van der Waals surface area contributed by atoms with Crippen molar-refractivity contribution in [2.24, 2.45) is 0 Å². The smallest absolute Gasteiger partial charge is 0.194 e. The van der Waals surface area contributed by atoms with Crippen LogP contribution in [0, 0.1) is 17.5 Å². The molecule has 2 heterocycles. The van der Waals surface area contributed by atoms with E-state index in [4.69, 9.17) is 32.7 Å². The molecule has 36 heavy (non-hydrogen) atoms. The molecule has 0 radical (unpaired) electrons.